The smallest absolute Gasteiger partial charge is 0.164 e. The SMILES string of the molecule is c1ccc(-c2nc(-c3ccc(-c4cc5c6ccccc6c6ccccc6c5c5ccccc45)cc3)nc(-c3ccc4ccccc4c3)n2)cc1.c1ccc(-c2nc(-c3ccc(-c4cc5c6ccccc6c6ccccc6c5c5ccccc45)cc3)nc(-c3cccc4ccccc34)n2)cc1.c1ccc(-c2nc(-c3cccc(-c4cc5c6ccccc6c6ccccc6c5c5ccccc45)c3)nc(-c3cccc4ccccc34)n2)cc1. The zero-order chi connectivity index (χ0) is 99.1. The number of hydrogen-bond acceptors (Lipinski definition) is 9. The molecule has 696 valence electrons. The van der Waals surface area contributed by atoms with Crippen LogP contribution in [0.15, 0.2) is 528 Å². The molecule has 0 amide bonds. The molecule has 0 aliphatic carbocycles. The van der Waals surface area contributed by atoms with Crippen molar-refractivity contribution in [3.8, 4) is 136 Å². The Balaban J connectivity index is 0.000000108. The fraction of sp³-hybridized carbons (Fsp3) is 0. The molecule has 0 unspecified atom stereocenters. The van der Waals surface area contributed by atoms with Crippen molar-refractivity contribution in [2.24, 2.45) is 0 Å². The van der Waals surface area contributed by atoms with Gasteiger partial charge in [-0.05, 0) is 225 Å². The van der Waals surface area contributed by atoms with Crippen molar-refractivity contribution < 1.29 is 0 Å². The summed E-state index contributed by atoms with van der Waals surface area (Å²) in [6.45, 7) is 0. The van der Waals surface area contributed by atoms with Crippen LogP contribution in [0.3, 0.4) is 0 Å². The predicted octanol–water partition coefficient (Wildman–Crippen LogP) is 36.9. The third kappa shape index (κ3) is 15.6. The van der Waals surface area contributed by atoms with Gasteiger partial charge in [0.15, 0.2) is 52.4 Å². The average Bonchev–Trinajstić information content (AvgIpc) is 0.724. The quantitative estimate of drug-likeness (QED) is 0.110. The van der Waals surface area contributed by atoms with Crippen molar-refractivity contribution in [1.82, 2.24) is 44.9 Å². The standard InChI is InChI=1S/3C47H29N3/c1-2-15-31(16-3-1)45-48-46(50-47(49-45)41-27-13-17-30-14-4-5-20-34(30)41)33-19-12-18-32(28-33)42-29-43-37-23-7-6-21-35(37)36-22-8-10-25-39(36)44(43)40-26-11-9-24-38(40)42;1-2-14-32(15-3-1)45-48-46(50-47(49-45)41-24-12-16-30-13-4-5-17-34(30)41)33-27-25-31(26-28-33)42-29-43-37-20-7-6-18-35(37)36-19-8-10-22-39(36)44(43)40-23-11-9-21-38(40)42;1-2-13-32(14-3-1)45-48-46(50-47(49-45)35-27-22-30-12-4-5-15-34(30)28-35)33-25-23-31(24-26-33)42-29-43-38-18-7-6-16-36(38)37-17-8-10-20-40(37)44(43)41-21-11-9-19-39(41)42/h3*1-29H. The molecule has 0 atom stereocenters. The van der Waals surface area contributed by atoms with E-state index in [2.05, 4.69) is 449 Å². The summed E-state index contributed by atoms with van der Waals surface area (Å²) < 4.78 is 0. The van der Waals surface area contributed by atoms with Crippen LogP contribution in [0.25, 0.3) is 297 Å². The topological polar surface area (TPSA) is 116 Å². The molecule has 30 aromatic rings. The van der Waals surface area contributed by atoms with Gasteiger partial charge in [0.2, 0.25) is 0 Å². The zero-order valence-corrected chi connectivity index (χ0v) is 81.3. The van der Waals surface area contributed by atoms with Gasteiger partial charge in [-0.25, -0.2) is 44.9 Å². The minimum Gasteiger partial charge on any atom is -0.208 e. The number of rotatable bonds is 12. The van der Waals surface area contributed by atoms with Crippen LogP contribution < -0.4 is 0 Å². The number of aromatic nitrogens is 9. The molecule has 0 radical (unpaired) electrons. The van der Waals surface area contributed by atoms with Crippen molar-refractivity contribution in [2.75, 3.05) is 0 Å². The summed E-state index contributed by atoms with van der Waals surface area (Å²) in [5.41, 5.74) is 15.6. The Kier molecular flexibility index (Phi) is 21.8. The lowest BCUT2D eigenvalue weighted by Crippen LogP contribution is -2.00. The van der Waals surface area contributed by atoms with Crippen LogP contribution >= 0.6 is 0 Å². The lowest BCUT2D eigenvalue weighted by molar-refractivity contribution is 1.07. The summed E-state index contributed by atoms with van der Waals surface area (Å²) in [7, 11) is 0. The minimum absolute atomic E-state index is 0.644. The van der Waals surface area contributed by atoms with Gasteiger partial charge >= 0.3 is 0 Å². The maximum absolute atomic E-state index is 5.15. The van der Waals surface area contributed by atoms with Crippen LogP contribution in [0, 0.1) is 0 Å². The molecule has 9 heteroatoms. The number of hydrogen-bond donors (Lipinski definition) is 0. The van der Waals surface area contributed by atoms with Crippen LogP contribution in [0.1, 0.15) is 0 Å². The molecule has 0 N–H and O–H groups in total. The van der Waals surface area contributed by atoms with Crippen LogP contribution in [-0.2, 0) is 0 Å². The number of nitrogens with zero attached hydrogens (tertiary/aromatic N) is 9. The highest BCUT2D eigenvalue weighted by atomic mass is 15.1. The summed E-state index contributed by atoms with van der Waals surface area (Å²) >= 11 is 0. The molecule has 0 saturated heterocycles. The highest BCUT2D eigenvalue weighted by molar-refractivity contribution is 6.36. The third-order valence-electron chi connectivity index (χ3n) is 29.7. The Labute approximate surface area is 863 Å². The molecular formula is C141H87N9. The molecule has 3 heterocycles. The molecule has 3 aromatic heterocycles. The van der Waals surface area contributed by atoms with E-state index in [-0.39, 0.29) is 0 Å². The Morgan fingerprint density at radius 2 is 0.287 bits per heavy atom. The lowest BCUT2D eigenvalue weighted by atomic mass is 9.87. The van der Waals surface area contributed by atoms with Gasteiger partial charge < -0.3 is 0 Å². The fourth-order valence-electron chi connectivity index (χ4n) is 22.6. The summed E-state index contributed by atoms with van der Waals surface area (Å²) in [5.74, 6) is 5.88. The van der Waals surface area contributed by atoms with Crippen molar-refractivity contribution in [1.29, 1.82) is 0 Å². The molecule has 30 rings (SSSR count). The number of fused-ring (bicyclic) bond motifs is 27. The van der Waals surface area contributed by atoms with E-state index in [4.69, 9.17) is 44.9 Å². The van der Waals surface area contributed by atoms with Gasteiger partial charge in [0.1, 0.15) is 0 Å². The van der Waals surface area contributed by atoms with Crippen LogP contribution in [0.4, 0.5) is 0 Å². The molecular weight excluding hydrogens is 1820 g/mol. The van der Waals surface area contributed by atoms with E-state index < -0.39 is 0 Å². The van der Waals surface area contributed by atoms with E-state index in [1.165, 1.54) is 151 Å². The first-order valence-electron chi connectivity index (χ1n) is 50.9. The molecule has 0 aliphatic heterocycles. The highest BCUT2D eigenvalue weighted by Gasteiger charge is 2.25. The first-order chi connectivity index (χ1) is 74.4. The molecule has 27 aromatic carbocycles. The molecule has 0 spiro atoms. The summed E-state index contributed by atoms with van der Waals surface area (Å²) in [4.78, 5) is 45.4. The van der Waals surface area contributed by atoms with Gasteiger partial charge in [-0.15, -0.1) is 0 Å². The van der Waals surface area contributed by atoms with Gasteiger partial charge in [0, 0.05) is 50.1 Å². The largest absolute Gasteiger partial charge is 0.208 e. The number of benzene rings is 27. The van der Waals surface area contributed by atoms with Gasteiger partial charge in [0.25, 0.3) is 0 Å². The molecule has 0 aliphatic rings. The maximum atomic E-state index is 5.15. The average molecular weight is 1910 g/mol. The van der Waals surface area contributed by atoms with Gasteiger partial charge in [-0.1, -0.05) is 497 Å². The second-order valence-electron chi connectivity index (χ2n) is 38.3. The summed E-state index contributed by atoms with van der Waals surface area (Å²) in [6, 6.07) is 187. The molecule has 9 nitrogen and oxygen atoms in total. The second-order valence-corrected chi connectivity index (χ2v) is 38.3. The third-order valence-corrected chi connectivity index (χ3v) is 29.7. The van der Waals surface area contributed by atoms with E-state index >= 15 is 0 Å². The van der Waals surface area contributed by atoms with E-state index in [1.54, 1.807) is 0 Å². The molecule has 0 saturated carbocycles. The van der Waals surface area contributed by atoms with E-state index in [9.17, 15) is 0 Å². The predicted molar refractivity (Wildman–Crippen MR) is 627 cm³/mol. The Hall–Kier alpha value is -20.1. The molecule has 150 heavy (non-hydrogen) atoms. The Bertz CT molecular complexity index is 10700. The van der Waals surface area contributed by atoms with Crippen molar-refractivity contribution >= 4 is 162 Å². The van der Waals surface area contributed by atoms with Crippen LogP contribution in [-0.4, -0.2) is 44.9 Å². The molecule has 0 fully saturated rings. The summed E-state index contributed by atoms with van der Waals surface area (Å²) in [6.07, 6.45) is 0. The lowest BCUT2D eigenvalue weighted by Gasteiger charge is -2.16. The normalized spacial score (nSPS) is 11.6. The van der Waals surface area contributed by atoms with E-state index in [0.29, 0.717) is 52.4 Å². The summed E-state index contributed by atoms with van der Waals surface area (Å²) in [5, 5.41) is 37.3. The van der Waals surface area contributed by atoms with Gasteiger partial charge in [-0.3, -0.25) is 0 Å². The minimum atomic E-state index is 0.644. The maximum Gasteiger partial charge on any atom is 0.164 e. The van der Waals surface area contributed by atoms with Crippen molar-refractivity contribution in [3.63, 3.8) is 0 Å². The van der Waals surface area contributed by atoms with Crippen molar-refractivity contribution in [2.45, 2.75) is 0 Å². The first kappa shape index (κ1) is 87.6. The van der Waals surface area contributed by atoms with Crippen LogP contribution in [0.2, 0.25) is 0 Å². The second kappa shape index (κ2) is 37.2. The van der Waals surface area contributed by atoms with E-state index in [0.717, 1.165) is 93.7 Å². The monoisotopic (exact) mass is 1910 g/mol. The first-order valence-corrected chi connectivity index (χ1v) is 50.9. The van der Waals surface area contributed by atoms with Gasteiger partial charge in [0.05, 0.1) is 0 Å². The Morgan fingerprint density at radius 1 is 0.0867 bits per heavy atom. The van der Waals surface area contributed by atoms with Gasteiger partial charge in [-0.2, -0.15) is 0 Å². The van der Waals surface area contributed by atoms with E-state index in [1.807, 2.05) is 78.9 Å². The zero-order valence-electron chi connectivity index (χ0n) is 81.3. The Morgan fingerprint density at radius 3 is 0.627 bits per heavy atom. The van der Waals surface area contributed by atoms with Crippen molar-refractivity contribution in [3.05, 3.63) is 528 Å². The molecule has 0 bridgehead atoms. The fourth-order valence-corrected chi connectivity index (χ4v) is 22.6. The van der Waals surface area contributed by atoms with Crippen LogP contribution in [0.5, 0.6) is 0 Å². The highest BCUT2D eigenvalue weighted by Crippen LogP contribution is 2.49.